The zero-order chi connectivity index (χ0) is 41.2. The molecule has 1 saturated heterocycles. The second-order valence-electron chi connectivity index (χ2n) is 18.5. The molecule has 0 amide bonds. The average Bonchev–Trinajstić information content (AvgIpc) is 3.51. The minimum atomic E-state index is 0.00200. The number of likely N-dealkylation sites (tertiary alicyclic amines) is 1. The Morgan fingerprint density at radius 3 is 2.10 bits per heavy atom. The number of imidazole rings is 1. The van der Waals surface area contributed by atoms with Gasteiger partial charge in [-0.3, -0.25) is 0 Å². The molecule has 2 aromatic heterocycles. The molecule has 0 spiro atoms. The average molecular weight is 959 g/mol. The van der Waals surface area contributed by atoms with E-state index in [0.29, 0.717) is 23.3 Å². The molecule has 0 saturated carbocycles. The number of anilines is 2. The van der Waals surface area contributed by atoms with Crippen LogP contribution < -0.4 is 9.64 Å². The molecule has 2 aliphatic heterocycles. The van der Waals surface area contributed by atoms with E-state index in [9.17, 15) is 0 Å². The van der Waals surface area contributed by atoms with Gasteiger partial charge in [0.2, 0.25) is 0 Å². The number of fused-ring (bicyclic) bond motifs is 4. The molecule has 6 nitrogen and oxygen atoms in total. The number of aromatic nitrogens is 3. The van der Waals surface area contributed by atoms with Crippen LogP contribution in [0.25, 0.3) is 33.5 Å². The Balaban J connectivity index is 1.09. The van der Waals surface area contributed by atoms with Crippen molar-refractivity contribution in [3.63, 3.8) is 0 Å². The van der Waals surface area contributed by atoms with Crippen LogP contribution in [0, 0.1) is 28.8 Å². The predicted molar refractivity (Wildman–Crippen MR) is 237 cm³/mol. The molecule has 1 fully saturated rings. The van der Waals surface area contributed by atoms with E-state index < -0.39 is 0 Å². The topological polar surface area (TPSA) is 38.5 Å². The van der Waals surface area contributed by atoms with Crippen molar-refractivity contribution in [2.45, 2.75) is 71.6 Å². The number of pyridine rings is 1. The molecule has 0 radical (unpaired) electrons. The zero-order valence-corrected chi connectivity index (χ0v) is 37.7. The zero-order valence-electron chi connectivity index (χ0n) is 35.4. The van der Waals surface area contributed by atoms with Crippen molar-refractivity contribution in [1.29, 1.82) is 0 Å². The minimum absolute atomic E-state index is 0.00200. The van der Waals surface area contributed by atoms with Gasteiger partial charge in [0.25, 0.3) is 0 Å². The first-order valence-corrected chi connectivity index (χ1v) is 22.0. The SMILES string of the molecule is Cc1cc(N2CC3CN(C)CCC3c3ccc(Oc4[c-]c(-n5[c](=[Pt])n(-c6cc(C(C)(C)C)cc(C(C)(C)C)c6)c6ccccc65)ccc4)[c-]c32)ncc1-c1ccccc1. The molecule has 4 heterocycles. The number of piperidine rings is 1. The van der Waals surface area contributed by atoms with Crippen LogP contribution in [0.15, 0.2) is 115 Å². The fraction of sp³-hybridized carbons (Fsp3) is 0.308. The molecule has 7 aromatic rings. The van der Waals surface area contributed by atoms with Crippen LogP contribution in [0.3, 0.4) is 0 Å². The normalized spacial score (nSPS) is 17.2. The van der Waals surface area contributed by atoms with Crippen LogP contribution in [-0.2, 0) is 30.2 Å². The number of ether oxygens (including phenoxy) is 1. The molecule has 2 atom stereocenters. The summed E-state index contributed by atoms with van der Waals surface area (Å²) in [6.45, 7) is 19.0. The number of hydrogen-bond acceptors (Lipinski definition) is 4. The van der Waals surface area contributed by atoms with Crippen molar-refractivity contribution in [1.82, 2.24) is 19.0 Å². The first-order chi connectivity index (χ1) is 28.2. The van der Waals surface area contributed by atoms with Crippen molar-refractivity contribution in [2.24, 2.45) is 5.92 Å². The standard InChI is InChI=1S/C52H53N5O.Pt/c1-35-25-50(53-31-46(35)36-15-10-9-11-16-36)55-33-37-32-54(8)24-23-44(37)45-22-21-43(30-49(45)55)58-42-18-14-17-40(29-42)56-34-57(48-20-13-12-19-47(48)56)41-27-38(51(2,3)4)26-39(28-41)52(5,6)7;/h9-22,25-28,31,37,44H,23-24,32-33H2,1-8H3;/q-2;. The summed E-state index contributed by atoms with van der Waals surface area (Å²) < 4.78 is 12.4. The quantitative estimate of drug-likeness (QED) is 0.156. The number of rotatable bonds is 6. The summed E-state index contributed by atoms with van der Waals surface area (Å²) in [5.41, 5.74) is 12.9. The fourth-order valence-corrected chi connectivity index (χ4v) is 10.1. The van der Waals surface area contributed by atoms with E-state index in [1.54, 1.807) is 0 Å². The van der Waals surface area contributed by atoms with Gasteiger partial charge in [-0.15, -0.1) is 0 Å². The minimum Gasteiger partial charge on any atom is -0.0622 e. The number of nitrogens with zero attached hydrogens (tertiary/aromatic N) is 5. The van der Waals surface area contributed by atoms with Gasteiger partial charge >= 0.3 is 277 Å². The Labute approximate surface area is 360 Å². The third-order valence-corrected chi connectivity index (χ3v) is 13.3. The predicted octanol–water partition coefficient (Wildman–Crippen LogP) is 12.0. The van der Waals surface area contributed by atoms with Crippen molar-refractivity contribution in [3.8, 4) is 34.0 Å². The first kappa shape index (κ1) is 39.4. The van der Waals surface area contributed by atoms with Gasteiger partial charge in [0.1, 0.15) is 0 Å². The van der Waals surface area contributed by atoms with Crippen LogP contribution in [0.1, 0.15) is 76.1 Å². The fourth-order valence-electron chi connectivity index (χ4n) is 8.94. The Morgan fingerprint density at radius 2 is 1.41 bits per heavy atom. The Kier molecular flexibility index (Phi) is 10.2. The van der Waals surface area contributed by atoms with E-state index >= 15 is 0 Å². The number of para-hydroxylation sites is 2. The summed E-state index contributed by atoms with van der Waals surface area (Å²) in [4.78, 5) is 9.92. The maximum absolute atomic E-state index is 6.71. The number of benzene rings is 5. The van der Waals surface area contributed by atoms with Crippen molar-refractivity contribution in [3.05, 3.63) is 154 Å². The molecule has 9 rings (SSSR count). The molecule has 0 N–H and O–H groups in total. The van der Waals surface area contributed by atoms with E-state index in [2.05, 4.69) is 209 Å². The van der Waals surface area contributed by atoms with Crippen LogP contribution in [0.4, 0.5) is 11.5 Å². The van der Waals surface area contributed by atoms with Gasteiger partial charge in [0.05, 0.1) is 0 Å². The summed E-state index contributed by atoms with van der Waals surface area (Å²) in [6.07, 6.45) is 3.16. The third kappa shape index (κ3) is 7.55. The van der Waals surface area contributed by atoms with E-state index in [0.717, 1.165) is 69.3 Å². The van der Waals surface area contributed by atoms with Crippen molar-refractivity contribution < 1.29 is 24.1 Å². The smallest absolute Gasteiger partial charge is 0.0622 e. The van der Waals surface area contributed by atoms with Crippen molar-refractivity contribution >= 4 is 22.5 Å². The molecular formula is C52H53N5OPt-2. The summed E-state index contributed by atoms with van der Waals surface area (Å²) in [5, 5.41) is 0. The Morgan fingerprint density at radius 1 is 0.729 bits per heavy atom. The summed E-state index contributed by atoms with van der Waals surface area (Å²) in [6, 6.07) is 46.4. The van der Waals surface area contributed by atoms with E-state index in [4.69, 9.17) is 9.72 Å². The summed E-state index contributed by atoms with van der Waals surface area (Å²) in [5.74, 6) is 3.23. The molecule has 5 aromatic carbocycles. The number of hydrogen-bond donors (Lipinski definition) is 0. The maximum atomic E-state index is 6.71. The molecule has 304 valence electrons. The van der Waals surface area contributed by atoms with E-state index in [1.807, 2.05) is 12.3 Å². The van der Waals surface area contributed by atoms with Gasteiger partial charge in [0, 0.05) is 18.3 Å². The van der Waals surface area contributed by atoms with Gasteiger partial charge in [-0.25, -0.2) is 0 Å². The van der Waals surface area contributed by atoms with Gasteiger partial charge < -0.3 is 4.90 Å². The van der Waals surface area contributed by atoms with Crippen LogP contribution >= 0.6 is 0 Å². The molecular weight excluding hydrogens is 906 g/mol. The van der Waals surface area contributed by atoms with Crippen LogP contribution in [0.2, 0.25) is 0 Å². The first-order valence-electron chi connectivity index (χ1n) is 20.8. The van der Waals surface area contributed by atoms with Crippen LogP contribution in [-0.4, -0.2) is 45.7 Å². The monoisotopic (exact) mass is 958 g/mol. The van der Waals surface area contributed by atoms with Gasteiger partial charge in [-0.1, -0.05) is 30.3 Å². The second kappa shape index (κ2) is 15.2. The van der Waals surface area contributed by atoms with Gasteiger partial charge in [0.15, 0.2) is 0 Å². The molecule has 0 bridgehead atoms. The summed E-state index contributed by atoms with van der Waals surface area (Å²) >= 11 is 2.48. The van der Waals surface area contributed by atoms with Gasteiger partial charge in [-0.2, -0.15) is 0 Å². The van der Waals surface area contributed by atoms with Crippen molar-refractivity contribution in [2.75, 3.05) is 31.6 Å². The Hall–Kier alpha value is -5.03. The number of aryl methyl sites for hydroxylation is 1. The van der Waals surface area contributed by atoms with Crippen LogP contribution in [0.5, 0.6) is 11.5 Å². The van der Waals surface area contributed by atoms with E-state index in [1.165, 1.54) is 27.8 Å². The van der Waals surface area contributed by atoms with E-state index in [-0.39, 0.29) is 10.8 Å². The Bertz CT molecular complexity index is 2720. The van der Waals surface area contributed by atoms with Gasteiger partial charge in [-0.05, 0) is 31.6 Å². The summed E-state index contributed by atoms with van der Waals surface area (Å²) in [7, 11) is 2.24. The third-order valence-electron chi connectivity index (χ3n) is 12.2. The second-order valence-corrected chi connectivity index (χ2v) is 19.6. The molecule has 2 unspecified atom stereocenters. The molecule has 0 aliphatic carbocycles. The molecule has 59 heavy (non-hydrogen) atoms. The molecule has 7 heteroatoms. The molecule has 2 aliphatic rings.